The fourth-order valence-corrected chi connectivity index (χ4v) is 2.81. The molecular weight excluding hydrogens is 324 g/mol. The van der Waals surface area contributed by atoms with Crippen LogP contribution < -0.4 is 24.4 Å². The Kier molecular flexibility index (Phi) is 4.52. The molecule has 6 heteroatoms. The van der Waals surface area contributed by atoms with E-state index in [2.05, 4.69) is 0 Å². The van der Waals surface area contributed by atoms with Crippen molar-refractivity contribution in [3.63, 3.8) is 0 Å². The van der Waals surface area contributed by atoms with Gasteiger partial charge in [-0.1, -0.05) is 18.2 Å². The first-order valence-electron chi connectivity index (χ1n) is 7.54. The summed E-state index contributed by atoms with van der Waals surface area (Å²) in [6, 6.07) is 8.84. The van der Waals surface area contributed by atoms with Gasteiger partial charge >= 0.3 is 0 Å². The highest BCUT2D eigenvalue weighted by atomic mass is 16.5. The van der Waals surface area contributed by atoms with Crippen molar-refractivity contribution >= 4 is 11.0 Å². The van der Waals surface area contributed by atoms with Gasteiger partial charge in [-0.15, -0.1) is 0 Å². The summed E-state index contributed by atoms with van der Waals surface area (Å²) >= 11 is 0. The van der Waals surface area contributed by atoms with Crippen molar-refractivity contribution < 1.29 is 23.4 Å². The minimum absolute atomic E-state index is 0.247. The number of hydrogen-bond donors (Lipinski definition) is 0. The molecule has 0 aliphatic rings. The molecule has 1 heterocycles. The Hall–Kier alpha value is -3.15. The molecule has 6 nitrogen and oxygen atoms in total. The van der Waals surface area contributed by atoms with Gasteiger partial charge in [0.2, 0.25) is 11.2 Å². The van der Waals surface area contributed by atoms with Crippen molar-refractivity contribution in [1.29, 1.82) is 0 Å². The van der Waals surface area contributed by atoms with Crippen LogP contribution in [-0.4, -0.2) is 28.4 Å². The summed E-state index contributed by atoms with van der Waals surface area (Å²) in [6.07, 6.45) is 1.41. The lowest BCUT2D eigenvalue weighted by Crippen LogP contribution is -2.08. The van der Waals surface area contributed by atoms with Crippen LogP contribution in [0.3, 0.4) is 0 Å². The van der Waals surface area contributed by atoms with Crippen LogP contribution >= 0.6 is 0 Å². The average Bonchev–Trinajstić information content (AvgIpc) is 2.66. The van der Waals surface area contributed by atoms with E-state index in [0.717, 1.165) is 0 Å². The van der Waals surface area contributed by atoms with Gasteiger partial charge in [-0.2, -0.15) is 0 Å². The number of methoxy groups -OCH3 is 4. The van der Waals surface area contributed by atoms with E-state index in [9.17, 15) is 4.79 Å². The van der Waals surface area contributed by atoms with Crippen LogP contribution in [0.15, 0.2) is 45.8 Å². The van der Waals surface area contributed by atoms with Crippen LogP contribution in [-0.2, 0) is 0 Å². The minimum Gasteiger partial charge on any atom is -0.496 e. The van der Waals surface area contributed by atoms with Crippen molar-refractivity contribution in [2.45, 2.75) is 0 Å². The van der Waals surface area contributed by atoms with Gasteiger partial charge in [0, 0.05) is 11.6 Å². The molecule has 0 amide bonds. The normalized spacial score (nSPS) is 10.6. The lowest BCUT2D eigenvalue weighted by Gasteiger charge is -2.14. The Balaban J connectivity index is 2.39. The number of rotatable bonds is 5. The summed E-state index contributed by atoms with van der Waals surface area (Å²) in [7, 11) is 6.00. The molecule has 0 bridgehead atoms. The molecule has 1 aromatic heterocycles. The van der Waals surface area contributed by atoms with E-state index >= 15 is 0 Å². The Morgan fingerprint density at radius 2 is 1.48 bits per heavy atom. The van der Waals surface area contributed by atoms with Crippen LogP contribution in [0.4, 0.5) is 0 Å². The monoisotopic (exact) mass is 342 g/mol. The van der Waals surface area contributed by atoms with E-state index in [1.807, 2.05) is 12.1 Å². The first kappa shape index (κ1) is 16.7. The summed E-state index contributed by atoms with van der Waals surface area (Å²) in [5.74, 6) is 1.60. The lowest BCUT2D eigenvalue weighted by molar-refractivity contribution is 0.326. The second-order valence-corrected chi connectivity index (χ2v) is 5.20. The lowest BCUT2D eigenvalue weighted by atomic mass is 10.0. The zero-order valence-electron chi connectivity index (χ0n) is 14.4. The van der Waals surface area contributed by atoms with Crippen molar-refractivity contribution in [1.82, 2.24) is 0 Å². The molecule has 2 aromatic carbocycles. The van der Waals surface area contributed by atoms with Crippen molar-refractivity contribution in [2.75, 3.05) is 28.4 Å². The molecule has 0 spiro atoms. The molecule has 0 saturated heterocycles. The van der Waals surface area contributed by atoms with Gasteiger partial charge in [-0.05, 0) is 6.07 Å². The molecular formula is C19H18O6. The predicted octanol–water partition coefficient (Wildman–Crippen LogP) is 3.49. The Labute approximate surface area is 144 Å². The van der Waals surface area contributed by atoms with Gasteiger partial charge < -0.3 is 23.4 Å². The Morgan fingerprint density at radius 3 is 2.12 bits per heavy atom. The van der Waals surface area contributed by atoms with Gasteiger partial charge in [-0.25, -0.2) is 0 Å². The fourth-order valence-electron chi connectivity index (χ4n) is 2.81. The molecule has 0 unspecified atom stereocenters. The van der Waals surface area contributed by atoms with Crippen molar-refractivity contribution in [3.05, 3.63) is 46.8 Å². The predicted molar refractivity (Wildman–Crippen MR) is 94.1 cm³/mol. The topological polar surface area (TPSA) is 67.1 Å². The van der Waals surface area contributed by atoms with Crippen LogP contribution in [0.5, 0.6) is 23.0 Å². The van der Waals surface area contributed by atoms with Gasteiger partial charge in [0.05, 0.1) is 34.0 Å². The average molecular weight is 342 g/mol. The molecule has 3 rings (SSSR count). The number of fused-ring (bicyclic) bond motifs is 1. The Morgan fingerprint density at radius 1 is 0.800 bits per heavy atom. The van der Waals surface area contributed by atoms with Crippen LogP contribution in [0, 0.1) is 0 Å². The van der Waals surface area contributed by atoms with Gasteiger partial charge in [0.25, 0.3) is 0 Å². The van der Waals surface area contributed by atoms with E-state index in [1.165, 1.54) is 27.6 Å². The van der Waals surface area contributed by atoms with E-state index < -0.39 is 0 Å². The van der Waals surface area contributed by atoms with Crippen LogP contribution in [0.1, 0.15) is 0 Å². The summed E-state index contributed by atoms with van der Waals surface area (Å²) in [5.41, 5.74) is 1.11. The number of benzene rings is 2. The van der Waals surface area contributed by atoms with Crippen molar-refractivity contribution in [3.8, 4) is 34.1 Å². The third-order valence-electron chi connectivity index (χ3n) is 3.97. The van der Waals surface area contributed by atoms with Crippen molar-refractivity contribution in [2.24, 2.45) is 0 Å². The summed E-state index contributed by atoms with van der Waals surface area (Å²) in [6.45, 7) is 0. The fraction of sp³-hybridized carbons (Fsp3) is 0.211. The van der Waals surface area contributed by atoms with Crippen LogP contribution in [0.2, 0.25) is 0 Å². The molecule has 130 valence electrons. The molecule has 0 aliphatic heterocycles. The van der Waals surface area contributed by atoms with E-state index in [0.29, 0.717) is 34.0 Å². The molecule has 3 aromatic rings. The number of para-hydroxylation sites is 1. The SMILES string of the molecule is COc1ccccc1-c1coc2cc(OC)c(OC)c(OC)c2c1=O. The summed E-state index contributed by atoms with van der Waals surface area (Å²) in [5, 5.41) is 0.281. The smallest absolute Gasteiger partial charge is 0.204 e. The van der Waals surface area contributed by atoms with Gasteiger partial charge in [0.15, 0.2) is 11.5 Å². The third kappa shape index (κ3) is 2.65. The molecule has 0 radical (unpaired) electrons. The molecule has 0 saturated carbocycles. The van der Waals surface area contributed by atoms with E-state index in [4.69, 9.17) is 23.4 Å². The molecule has 0 atom stereocenters. The first-order chi connectivity index (χ1) is 12.2. The molecule has 0 N–H and O–H groups in total. The Bertz CT molecular complexity index is 974. The minimum atomic E-state index is -0.247. The largest absolute Gasteiger partial charge is 0.496 e. The summed E-state index contributed by atoms with van der Waals surface area (Å²) < 4.78 is 27.1. The summed E-state index contributed by atoms with van der Waals surface area (Å²) in [4.78, 5) is 13.2. The highest BCUT2D eigenvalue weighted by Gasteiger charge is 2.22. The third-order valence-corrected chi connectivity index (χ3v) is 3.97. The number of hydrogen-bond acceptors (Lipinski definition) is 6. The first-order valence-corrected chi connectivity index (χ1v) is 7.54. The van der Waals surface area contributed by atoms with E-state index in [1.54, 1.807) is 25.3 Å². The van der Waals surface area contributed by atoms with Gasteiger partial charge in [0.1, 0.15) is 23.0 Å². The molecule has 25 heavy (non-hydrogen) atoms. The highest BCUT2D eigenvalue weighted by molar-refractivity contribution is 5.92. The zero-order valence-corrected chi connectivity index (χ0v) is 14.4. The maximum Gasteiger partial charge on any atom is 0.204 e. The molecule has 0 fully saturated rings. The number of ether oxygens (including phenoxy) is 4. The van der Waals surface area contributed by atoms with E-state index in [-0.39, 0.29) is 16.6 Å². The standard InChI is InChI=1S/C19H18O6/c1-21-13-8-6-5-7-11(13)12-10-25-14-9-15(22-2)18(23-3)19(24-4)16(14)17(12)20/h5-10H,1-4H3. The highest BCUT2D eigenvalue weighted by Crippen LogP contribution is 2.43. The molecule has 0 aliphatic carbocycles. The second-order valence-electron chi connectivity index (χ2n) is 5.20. The second kappa shape index (κ2) is 6.76. The maximum absolute atomic E-state index is 13.2. The van der Waals surface area contributed by atoms with Crippen LogP contribution in [0.25, 0.3) is 22.1 Å². The quantitative estimate of drug-likeness (QED) is 0.707. The maximum atomic E-state index is 13.2. The zero-order chi connectivity index (χ0) is 18.0. The van der Waals surface area contributed by atoms with Gasteiger partial charge in [-0.3, -0.25) is 4.79 Å².